The van der Waals surface area contributed by atoms with Gasteiger partial charge in [0.05, 0.1) is 0 Å². The second kappa shape index (κ2) is 5.59. The molecule has 1 aromatic carbocycles. The summed E-state index contributed by atoms with van der Waals surface area (Å²) in [5.74, 6) is 4.10. The molecule has 4 bridgehead atoms. The Hall–Kier alpha value is -1.83. The van der Waals surface area contributed by atoms with Gasteiger partial charge in [-0.2, -0.15) is 0 Å². The lowest BCUT2D eigenvalue weighted by atomic mass is 9.48. The summed E-state index contributed by atoms with van der Waals surface area (Å²) in [6, 6.07) is 10.8. The van der Waals surface area contributed by atoms with Crippen LogP contribution in [-0.2, 0) is 11.8 Å². The normalized spacial score (nSPS) is 32.9. The highest BCUT2D eigenvalue weighted by atomic mass is 16.3. The van der Waals surface area contributed by atoms with Crippen LogP contribution in [0.25, 0.3) is 11.3 Å². The van der Waals surface area contributed by atoms with Gasteiger partial charge in [-0.05, 0) is 97.4 Å². The molecule has 4 aliphatic carbocycles. The summed E-state index contributed by atoms with van der Waals surface area (Å²) in [6.07, 6.45) is 10.3. The van der Waals surface area contributed by atoms with E-state index in [1.54, 1.807) is 6.07 Å². The third-order valence-corrected chi connectivity index (χ3v) is 7.15. The van der Waals surface area contributed by atoms with E-state index in [1.807, 2.05) is 6.07 Å². The van der Waals surface area contributed by atoms with Gasteiger partial charge in [-0.25, -0.2) is 0 Å². The number of aryl methyl sites for hydroxylation is 1. The minimum atomic E-state index is 0.399. The predicted octanol–water partition coefficient (Wildman–Crippen LogP) is 5.79. The summed E-state index contributed by atoms with van der Waals surface area (Å²) in [7, 11) is 0. The molecule has 4 fully saturated rings. The molecule has 0 radical (unpaired) electrons. The summed E-state index contributed by atoms with van der Waals surface area (Å²) in [5, 5.41) is 0. The number of furan rings is 1. The van der Waals surface area contributed by atoms with Gasteiger partial charge in [-0.3, -0.25) is 4.79 Å². The molecule has 25 heavy (non-hydrogen) atoms. The molecule has 4 aliphatic rings. The second-order valence-electron chi connectivity index (χ2n) is 8.74. The summed E-state index contributed by atoms with van der Waals surface area (Å²) in [4.78, 5) is 11.0. The number of rotatable bonds is 4. The molecule has 1 heterocycles. The molecular formula is C23H26O2. The van der Waals surface area contributed by atoms with E-state index in [0.29, 0.717) is 11.2 Å². The van der Waals surface area contributed by atoms with Crippen LogP contribution in [0.15, 0.2) is 34.7 Å². The number of hydrogen-bond acceptors (Lipinski definition) is 2. The van der Waals surface area contributed by atoms with Gasteiger partial charge in [0.15, 0.2) is 12.0 Å². The maximum atomic E-state index is 11.0. The first-order valence-electron chi connectivity index (χ1n) is 9.88. The molecule has 130 valence electrons. The van der Waals surface area contributed by atoms with Crippen molar-refractivity contribution in [1.29, 1.82) is 0 Å². The first-order chi connectivity index (χ1) is 12.2. The van der Waals surface area contributed by atoms with E-state index in [-0.39, 0.29) is 0 Å². The van der Waals surface area contributed by atoms with E-state index in [9.17, 15) is 4.79 Å². The fourth-order valence-corrected chi connectivity index (χ4v) is 6.47. The Labute approximate surface area is 149 Å². The summed E-state index contributed by atoms with van der Waals surface area (Å²) in [5.41, 5.74) is 4.41. The Morgan fingerprint density at radius 1 is 1.04 bits per heavy atom. The summed E-state index contributed by atoms with van der Waals surface area (Å²) < 4.78 is 5.77. The van der Waals surface area contributed by atoms with Gasteiger partial charge in [-0.15, -0.1) is 0 Å². The average molecular weight is 334 g/mol. The van der Waals surface area contributed by atoms with E-state index in [0.717, 1.165) is 36.2 Å². The molecule has 0 saturated heterocycles. The van der Waals surface area contributed by atoms with Crippen LogP contribution >= 0.6 is 0 Å². The van der Waals surface area contributed by atoms with Gasteiger partial charge in [0, 0.05) is 5.56 Å². The summed E-state index contributed by atoms with van der Waals surface area (Å²) in [6.45, 7) is 2.19. The molecule has 2 aromatic rings. The van der Waals surface area contributed by atoms with E-state index in [1.165, 1.54) is 55.2 Å². The highest BCUT2D eigenvalue weighted by Gasteiger charge is 2.51. The quantitative estimate of drug-likeness (QED) is 0.662. The Bertz CT molecular complexity index is 778. The maximum Gasteiger partial charge on any atom is 0.185 e. The lowest BCUT2D eigenvalue weighted by molar-refractivity contribution is -0.00517. The Morgan fingerprint density at radius 2 is 1.72 bits per heavy atom. The third kappa shape index (κ3) is 2.41. The molecular weight excluding hydrogens is 308 g/mol. The summed E-state index contributed by atoms with van der Waals surface area (Å²) >= 11 is 0. The molecule has 6 rings (SSSR count). The monoisotopic (exact) mass is 334 g/mol. The van der Waals surface area contributed by atoms with Crippen LogP contribution in [0, 0.1) is 17.8 Å². The maximum absolute atomic E-state index is 11.0. The van der Waals surface area contributed by atoms with Crippen LogP contribution in [-0.4, -0.2) is 6.29 Å². The van der Waals surface area contributed by atoms with Crippen LogP contribution in [0.4, 0.5) is 0 Å². The standard InChI is InChI=1S/C23H26O2/c1-2-18-3-4-19(10-21(18)22-6-5-20(14-24)25-22)23-11-15-7-16(12-23)9-17(8-15)13-23/h3-6,10,14-17H,2,7-9,11-13H2,1H3. The smallest absolute Gasteiger partial charge is 0.185 e. The highest BCUT2D eigenvalue weighted by Crippen LogP contribution is 2.61. The topological polar surface area (TPSA) is 30.2 Å². The lowest BCUT2D eigenvalue weighted by Crippen LogP contribution is -2.48. The second-order valence-corrected chi connectivity index (χ2v) is 8.74. The van der Waals surface area contributed by atoms with Crippen molar-refractivity contribution in [2.75, 3.05) is 0 Å². The number of aldehydes is 1. The fraction of sp³-hybridized carbons (Fsp3) is 0.522. The molecule has 0 spiro atoms. The van der Waals surface area contributed by atoms with Crippen molar-refractivity contribution in [3.05, 3.63) is 47.2 Å². The highest BCUT2D eigenvalue weighted by molar-refractivity contribution is 5.73. The van der Waals surface area contributed by atoms with Crippen molar-refractivity contribution in [3.8, 4) is 11.3 Å². The molecule has 0 atom stereocenters. The third-order valence-electron chi connectivity index (χ3n) is 7.15. The van der Waals surface area contributed by atoms with Gasteiger partial charge in [0.1, 0.15) is 5.76 Å². The van der Waals surface area contributed by atoms with Gasteiger partial charge >= 0.3 is 0 Å². The predicted molar refractivity (Wildman–Crippen MR) is 98.8 cm³/mol. The van der Waals surface area contributed by atoms with Crippen LogP contribution in [0.1, 0.15) is 67.1 Å². The number of carbonyl (C=O) groups excluding carboxylic acids is 1. The first kappa shape index (κ1) is 15.4. The van der Waals surface area contributed by atoms with Crippen molar-refractivity contribution in [1.82, 2.24) is 0 Å². The molecule has 0 aliphatic heterocycles. The molecule has 4 saturated carbocycles. The van der Waals surface area contributed by atoms with E-state index in [2.05, 4.69) is 25.1 Å². The van der Waals surface area contributed by atoms with Gasteiger partial charge in [0.2, 0.25) is 0 Å². The molecule has 2 nitrogen and oxygen atoms in total. The minimum absolute atomic E-state index is 0.399. The van der Waals surface area contributed by atoms with Crippen LogP contribution in [0.2, 0.25) is 0 Å². The SMILES string of the molecule is CCc1ccc(C23CC4CC(CC(C4)C2)C3)cc1-c1ccc(C=O)o1. The molecule has 1 aromatic heterocycles. The zero-order chi connectivity index (χ0) is 17.0. The lowest BCUT2D eigenvalue weighted by Gasteiger charge is -2.57. The zero-order valence-electron chi connectivity index (χ0n) is 15.0. The Morgan fingerprint density at radius 3 is 2.28 bits per heavy atom. The zero-order valence-corrected chi connectivity index (χ0v) is 15.0. The minimum Gasteiger partial charge on any atom is -0.453 e. The number of carbonyl (C=O) groups is 1. The van der Waals surface area contributed by atoms with Crippen LogP contribution in [0.3, 0.4) is 0 Å². The fourth-order valence-electron chi connectivity index (χ4n) is 6.47. The Balaban J connectivity index is 1.58. The van der Waals surface area contributed by atoms with Crippen molar-refractivity contribution < 1.29 is 9.21 Å². The molecule has 0 unspecified atom stereocenters. The average Bonchev–Trinajstić information content (AvgIpc) is 3.09. The molecule has 0 amide bonds. The van der Waals surface area contributed by atoms with Crippen molar-refractivity contribution in [3.63, 3.8) is 0 Å². The van der Waals surface area contributed by atoms with Crippen molar-refractivity contribution in [2.45, 2.75) is 57.3 Å². The van der Waals surface area contributed by atoms with E-state index in [4.69, 9.17) is 4.42 Å². The molecule has 2 heteroatoms. The van der Waals surface area contributed by atoms with Crippen molar-refractivity contribution in [2.24, 2.45) is 17.8 Å². The van der Waals surface area contributed by atoms with Gasteiger partial charge < -0.3 is 4.42 Å². The number of benzene rings is 1. The van der Waals surface area contributed by atoms with Crippen molar-refractivity contribution >= 4 is 6.29 Å². The van der Waals surface area contributed by atoms with Gasteiger partial charge in [-0.1, -0.05) is 19.1 Å². The van der Waals surface area contributed by atoms with E-state index < -0.39 is 0 Å². The molecule has 0 N–H and O–H groups in total. The largest absolute Gasteiger partial charge is 0.453 e. The number of hydrogen-bond donors (Lipinski definition) is 0. The Kier molecular flexibility index (Phi) is 3.45. The van der Waals surface area contributed by atoms with E-state index >= 15 is 0 Å². The van der Waals surface area contributed by atoms with Crippen LogP contribution in [0.5, 0.6) is 0 Å². The van der Waals surface area contributed by atoms with Gasteiger partial charge in [0.25, 0.3) is 0 Å². The first-order valence-corrected chi connectivity index (χ1v) is 9.88. The van der Waals surface area contributed by atoms with Crippen LogP contribution < -0.4 is 0 Å².